The zero-order valence-electron chi connectivity index (χ0n) is 20.4. The number of rotatable bonds is 9. The van der Waals surface area contributed by atoms with Gasteiger partial charge in [-0.3, -0.25) is 9.59 Å². The molecule has 8 nitrogen and oxygen atoms in total. The Bertz CT molecular complexity index is 1340. The van der Waals surface area contributed by atoms with Crippen molar-refractivity contribution in [2.45, 2.75) is 37.8 Å². The number of methoxy groups -OCH3 is 1. The molecule has 4 rings (SSSR count). The Labute approximate surface area is 211 Å². The number of hydrogen-bond acceptors (Lipinski definition) is 6. The van der Waals surface area contributed by atoms with Crippen LogP contribution in [0.25, 0.3) is 0 Å². The number of hydrogen-bond donors (Lipinski definition) is 0. The smallest absolute Gasteiger partial charge is 0.252 e. The lowest BCUT2D eigenvalue weighted by molar-refractivity contribution is -0.122. The lowest BCUT2D eigenvalue weighted by Gasteiger charge is -2.27. The molecule has 3 aromatic carbocycles. The number of sulfonamides is 1. The van der Waals surface area contributed by atoms with Crippen LogP contribution in [0, 0.1) is 6.92 Å². The van der Waals surface area contributed by atoms with Crippen molar-refractivity contribution in [2.24, 2.45) is 0 Å². The SMILES string of the molecule is CCOc1ccc(N2C(=O)CC(N(Cc3ccc(C)cc3)S(=O)(=O)c3ccc(OC)cc3)C2=O)cc1. The summed E-state index contributed by atoms with van der Waals surface area (Å²) in [4.78, 5) is 27.6. The zero-order valence-corrected chi connectivity index (χ0v) is 21.2. The highest BCUT2D eigenvalue weighted by Gasteiger charge is 2.47. The predicted molar refractivity (Wildman–Crippen MR) is 135 cm³/mol. The van der Waals surface area contributed by atoms with Gasteiger partial charge < -0.3 is 9.47 Å². The van der Waals surface area contributed by atoms with Crippen molar-refractivity contribution >= 4 is 27.5 Å². The maximum absolute atomic E-state index is 13.8. The third-order valence-corrected chi connectivity index (χ3v) is 7.87. The molecule has 0 spiro atoms. The monoisotopic (exact) mass is 508 g/mol. The van der Waals surface area contributed by atoms with Gasteiger partial charge in [0.25, 0.3) is 5.91 Å². The van der Waals surface area contributed by atoms with Gasteiger partial charge in [0.1, 0.15) is 17.5 Å². The molecular formula is C27H28N2O6S. The Kier molecular flexibility index (Phi) is 7.42. The fourth-order valence-corrected chi connectivity index (χ4v) is 5.66. The van der Waals surface area contributed by atoms with Gasteiger partial charge >= 0.3 is 0 Å². The van der Waals surface area contributed by atoms with Crippen molar-refractivity contribution in [2.75, 3.05) is 18.6 Å². The van der Waals surface area contributed by atoms with E-state index in [0.29, 0.717) is 29.4 Å². The Morgan fingerprint density at radius 2 is 1.53 bits per heavy atom. The van der Waals surface area contributed by atoms with Crippen LogP contribution in [0.4, 0.5) is 5.69 Å². The predicted octanol–water partition coefficient (Wildman–Crippen LogP) is 3.93. The Morgan fingerprint density at radius 1 is 0.917 bits per heavy atom. The third-order valence-electron chi connectivity index (χ3n) is 6.00. The van der Waals surface area contributed by atoms with E-state index in [1.54, 1.807) is 36.4 Å². The maximum atomic E-state index is 13.8. The minimum Gasteiger partial charge on any atom is -0.497 e. The van der Waals surface area contributed by atoms with E-state index in [1.165, 1.54) is 19.2 Å². The summed E-state index contributed by atoms with van der Waals surface area (Å²) in [5.74, 6) is 0.0640. The molecule has 3 aromatic rings. The van der Waals surface area contributed by atoms with E-state index >= 15 is 0 Å². The minimum atomic E-state index is -4.14. The second-order valence-corrected chi connectivity index (χ2v) is 10.3. The molecule has 1 saturated heterocycles. The number of carbonyl (C=O) groups excluding carboxylic acids is 2. The van der Waals surface area contributed by atoms with Crippen LogP contribution >= 0.6 is 0 Å². The summed E-state index contributed by atoms with van der Waals surface area (Å²) >= 11 is 0. The van der Waals surface area contributed by atoms with Crippen LogP contribution in [0.15, 0.2) is 77.7 Å². The molecule has 0 saturated carbocycles. The van der Waals surface area contributed by atoms with Crippen molar-refractivity contribution in [1.82, 2.24) is 4.31 Å². The van der Waals surface area contributed by atoms with Crippen LogP contribution in [0.1, 0.15) is 24.5 Å². The second-order valence-electron chi connectivity index (χ2n) is 8.43. The van der Waals surface area contributed by atoms with Crippen molar-refractivity contribution in [1.29, 1.82) is 0 Å². The molecule has 0 N–H and O–H groups in total. The molecule has 1 atom stereocenters. The molecule has 36 heavy (non-hydrogen) atoms. The molecule has 188 valence electrons. The number of carbonyl (C=O) groups is 2. The molecule has 1 unspecified atom stereocenters. The molecule has 1 heterocycles. The number of ether oxygens (including phenoxy) is 2. The molecule has 1 aliphatic heterocycles. The first-order valence-electron chi connectivity index (χ1n) is 11.6. The molecule has 0 aromatic heterocycles. The molecule has 0 aliphatic carbocycles. The highest BCUT2D eigenvalue weighted by atomic mass is 32.2. The van der Waals surface area contributed by atoms with Gasteiger partial charge in [-0.25, -0.2) is 13.3 Å². The number of aryl methyl sites for hydroxylation is 1. The number of imide groups is 1. The van der Waals surface area contributed by atoms with Crippen LogP contribution in [0.2, 0.25) is 0 Å². The largest absolute Gasteiger partial charge is 0.497 e. The van der Waals surface area contributed by atoms with Gasteiger partial charge in [-0.1, -0.05) is 29.8 Å². The van der Waals surface area contributed by atoms with Gasteiger partial charge in [0, 0.05) is 6.54 Å². The van der Waals surface area contributed by atoms with Gasteiger partial charge in [0.2, 0.25) is 15.9 Å². The van der Waals surface area contributed by atoms with Crippen molar-refractivity contribution in [3.8, 4) is 11.5 Å². The Balaban J connectivity index is 1.70. The second kappa shape index (κ2) is 10.5. The maximum Gasteiger partial charge on any atom is 0.252 e. The summed E-state index contributed by atoms with van der Waals surface area (Å²) in [6.45, 7) is 4.22. The fourth-order valence-electron chi connectivity index (χ4n) is 4.09. The first kappa shape index (κ1) is 25.4. The fraction of sp³-hybridized carbons (Fsp3) is 0.259. The van der Waals surface area contributed by atoms with Gasteiger partial charge in [-0.15, -0.1) is 0 Å². The number of amides is 2. The van der Waals surface area contributed by atoms with Gasteiger partial charge in [0.15, 0.2) is 0 Å². The third kappa shape index (κ3) is 5.12. The number of anilines is 1. The summed E-state index contributed by atoms with van der Waals surface area (Å²) in [5.41, 5.74) is 2.10. The standard InChI is InChI=1S/C27H28N2O6S/c1-4-35-23-11-9-21(10-12-23)29-26(30)17-25(27(29)31)28(18-20-7-5-19(2)6-8-20)36(32,33)24-15-13-22(34-3)14-16-24/h5-16,25H,4,17-18H2,1-3H3. The Hall–Kier alpha value is -3.69. The van der Waals surface area contributed by atoms with Crippen LogP contribution in [0.5, 0.6) is 11.5 Å². The first-order chi connectivity index (χ1) is 17.2. The molecule has 9 heteroatoms. The lowest BCUT2D eigenvalue weighted by Crippen LogP contribution is -2.45. The van der Waals surface area contributed by atoms with E-state index in [1.807, 2.05) is 38.1 Å². The molecule has 2 amide bonds. The van der Waals surface area contributed by atoms with Gasteiger partial charge in [-0.05, 0) is 67.9 Å². The summed E-state index contributed by atoms with van der Waals surface area (Å²) in [6, 6.07) is 18.7. The van der Waals surface area contributed by atoms with Crippen molar-refractivity contribution in [3.63, 3.8) is 0 Å². The van der Waals surface area contributed by atoms with E-state index in [9.17, 15) is 18.0 Å². The van der Waals surface area contributed by atoms with E-state index in [4.69, 9.17) is 9.47 Å². The van der Waals surface area contributed by atoms with Crippen LogP contribution < -0.4 is 14.4 Å². The highest BCUT2D eigenvalue weighted by molar-refractivity contribution is 7.89. The van der Waals surface area contributed by atoms with E-state index in [2.05, 4.69) is 0 Å². The molecule has 0 radical (unpaired) electrons. The van der Waals surface area contributed by atoms with Crippen molar-refractivity contribution in [3.05, 3.63) is 83.9 Å². The van der Waals surface area contributed by atoms with Crippen molar-refractivity contribution < 1.29 is 27.5 Å². The number of nitrogens with zero attached hydrogens (tertiary/aromatic N) is 2. The summed E-state index contributed by atoms with van der Waals surface area (Å²) in [7, 11) is -2.64. The molecule has 0 bridgehead atoms. The minimum absolute atomic E-state index is 0.00942. The highest BCUT2D eigenvalue weighted by Crippen LogP contribution is 2.32. The number of benzene rings is 3. The Morgan fingerprint density at radius 3 is 2.11 bits per heavy atom. The van der Waals surface area contributed by atoms with Crippen LogP contribution in [-0.2, 0) is 26.2 Å². The topological polar surface area (TPSA) is 93.2 Å². The van der Waals surface area contributed by atoms with Crippen LogP contribution in [-0.4, -0.2) is 44.3 Å². The van der Waals surface area contributed by atoms with Gasteiger partial charge in [-0.2, -0.15) is 4.31 Å². The summed E-state index contributed by atoms with van der Waals surface area (Å²) in [6.07, 6.45) is -0.257. The molecule has 1 aliphatic rings. The first-order valence-corrected chi connectivity index (χ1v) is 13.0. The quantitative estimate of drug-likeness (QED) is 0.407. The van der Waals surface area contributed by atoms with Crippen LogP contribution in [0.3, 0.4) is 0 Å². The summed E-state index contributed by atoms with van der Waals surface area (Å²) in [5, 5.41) is 0. The average molecular weight is 509 g/mol. The van der Waals surface area contributed by atoms with Gasteiger partial charge in [0.05, 0.1) is 30.7 Å². The lowest BCUT2D eigenvalue weighted by atomic mass is 10.1. The summed E-state index contributed by atoms with van der Waals surface area (Å²) < 4.78 is 39.3. The average Bonchev–Trinajstić information content (AvgIpc) is 3.17. The van der Waals surface area contributed by atoms with E-state index in [0.717, 1.165) is 14.8 Å². The normalized spacial score (nSPS) is 16.0. The van der Waals surface area contributed by atoms with E-state index in [-0.39, 0.29) is 17.9 Å². The zero-order chi connectivity index (χ0) is 25.9. The van der Waals surface area contributed by atoms with E-state index < -0.39 is 27.9 Å². The molecule has 1 fully saturated rings. The molecular weight excluding hydrogens is 480 g/mol.